The largest absolute Gasteiger partial charge is 0.336 e. The average molecular weight is 309 g/mol. The summed E-state index contributed by atoms with van der Waals surface area (Å²) >= 11 is 7.44. The number of amides is 1. The van der Waals surface area contributed by atoms with Crippen molar-refractivity contribution >= 4 is 41.3 Å². The van der Waals surface area contributed by atoms with Gasteiger partial charge in [0, 0.05) is 11.4 Å². The van der Waals surface area contributed by atoms with E-state index in [-0.39, 0.29) is 24.4 Å². The number of thiophene rings is 1. The first-order valence-corrected chi connectivity index (χ1v) is 7.16. The van der Waals surface area contributed by atoms with Crippen LogP contribution in [-0.4, -0.2) is 29.9 Å². The Morgan fingerprint density at radius 3 is 2.89 bits per heavy atom. The van der Waals surface area contributed by atoms with Gasteiger partial charge in [-0.15, -0.1) is 23.7 Å². The van der Waals surface area contributed by atoms with E-state index >= 15 is 0 Å². The van der Waals surface area contributed by atoms with Gasteiger partial charge >= 0.3 is 0 Å². The molecule has 1 aromatic rings. The lowest BCUT2D eigenvalue weighted by molar-refractivity contribution is -0.133. The predicted octanol–water partition coefficient (Wildman–Crippen LogP) is 2.92. The third kappa shape index (κ3) is 3.85. The smallest absolute Gasteiger partial charge is 0.240 e. The number of carbonyl (C=O) groups excluding carboxylic acids is 1. The van der Waals surface area contributed by atoms with Crippen LogP contribution in [0.25, 0.3) is 0 Å². The molecule has 1 saturated heterocycles. The van der Waals surface area contributed by atoms with Gasteiger partial charge in [-0.25, -0.2) is 0 Å². The molecule has 0 aromatic carbocycles. The Morgan fingerprint density at radius 2 is 2.39 bits per heavy atom. The minimum Gasteiger partial charge on any atom is -0.336 e. The number of nitrogens with zero attached hydrogens (tertiary/aromatic N) is 1. The van der Waals surface area contributed by atoms with Crippen molar-refractivity contribution in [3.8, 4) is 0 Å². The fourth-order valence-electron chi connectivity index (χ4n) is 2.09. The molecule has 0 radical (unpaired) electrons. The van der Waals surface area contributed by atoms with E-state index in [2.05, 4.69) is 5.32 Å². The van der Waals surface area contributed by atoms with Gasteiger partial charge in [-0.1, -0.05) is 11.6 Å². The summed E-state index contributed by atoms with van der Waals surface area (Å²) in [6.07, 6.45) is 2.05. The van der Waals surface area contributed by atoms with Crippen molar-refractivity contribution in [2.75, 3.05) is 13.1 Å². The second-order valence-electron chi connectivity index (χ2n) is 4.21. The molecule has 6 heteroatoms. The highest BCUT2D eigenvalue weighted by atomic mass is 35.5. The minimum absolute atomic E-state index is 0. The molecule has 3 nitrogen and oxygen atoms in total. The van der Waals surface area contributed by atoms with Gasteiger partial charge in [0.1, 0.15) is 0 Å². The van der Waals surface area contributed by atoms with Crippen molar-refractivity contribution in [2.24, 2.45) is 0 Å². The zero-order valence-electron chi connectivity index (χ0n) is 10.3. The van der Waals surface area contributed by atoms with Gasteiger partial charge in [-0.2, -0.15) is 0 Å². The maximum Gasteiger partial charge on any atom is 0.240 e. The summed E-state index contributed by atoms with van der Waals surface area (Å²) in [7, 11) is 0. The zero-order valence-corrected chi connectivity index (χ0v) is 12.7. The van der Waals surface area contributed by atoms with Gasteiger partial charge < -0.3 is 10.2 Å². The Balaban J connectivity index is 0.00000162. The van der Waals surface area contributed by atoms with Gasteiger partial charge in [0.15, 0.2) is 0 Å². The summed E-state index contributed by atoms with van der Waals surface area (Å²) in [6.45, 7) is 4.39. The van der Waals surface area contributed by atoms with Crippen LogP contribution in [0.2, 0.25) is 4.34 Å². The molecular weight excluding hydrogens is 291 g/mol. The van der Waals surface area contributed by atoms with E-state index < -0.39 is 0 Å². The standard InChI is InChI=1S/C12H17ClN2OS.ClH/c1-2-15(8-9-5-6-11(13)17-9)12(16)10-4-3-7-14-10;/h5-6,10,14H,2-4,7-8H2,1H3;1H/t10-;/m0./s1. The van der Waals surface area contributed by atoms with Crippen LogP contribution in [0.3, 0.4) is 0 Å². The van der Waals surface area contributed by atoms with Gasteiger partial charge in [0.25, 0.3) is 0 Å². The van der Waals surface area contributed by atoms with Gasteiger partial charge in [0.2, 0.25) is 5.91 Å². The van der Waals surface area contributed by atoms with Crippen LogP contribution in [0.1, 0.15) is 24.6 Å². The minimum atomic E-state index is 0. The van der Waals surface area contributed by atoms with E-state index in [1.165, 1.54) is 0 Å². The molecule has 0 unspecified atom stereocenters. The SMILES string of the molecule is CCN(Cc1ccc(Cl)s1)C(=O)[C@@H]1CCCN1.Cl. The Morgan fingerprint density at radius 1 is 1.61 bits per heavy atom. The number of rotatable bonds is 4. The number of hydrogen-bond donors (Lipinski definition) is 1. The molecule has 1 aliphatic rings. The third-order valence-corrected chi connectivity index (χ3v) is 4.24. The zero-order chi connectivity index (χ0) is 12.3. The summed E-state index contributed by atoms with van der Waals surface area (Å²) in [5.41, 5.74) is 0. The summed E-state index contributed by atoms with van der Waals surface area (Å²) in [5, 5.41) is 3.25. The molecule has 0 bridgehead atoms. The predicted molar refractivity (Wildman–Crippen MR) is 78.7 cm³/mol. The summed E-state index contributed by atoms with van der Waals surface area (Å²) in [5.74, 6) is 0.217. The van der Waals surface area contributed by atoms with E-state index in [1.807, 2.05) is 24.0 Å². The molecule has 102 valence electrons. The van der Waals surface area contributed by atoms with Crippen molar-refractivity contribution < 1.29 is 4.79 Å². The molecule has 1 aliphatic heterocycles. The summed E-state index contributed by atoms with van der Waals surface area (Å²) in [4.78, 5) is 15.3. The Kier molecular flexibility index (Phi) is 6.43. The average Bonchev–Trinajstić information content (AvgIpc) is 2.96. The Labute approximate surface area is 123 Å². The first-order valence-electron chi connectivity index (χ1n) is 5.97. The molecule has 2 heterocycles. The highest BCUT2D eigenvalue weighted by molar-refractivity contribution is 7.16. The quantitative estimate of drug-likeness (QED) is 0.927. The monoisotopic (exact) mass is 308 g/mol. The number of likely N-dealkylation sites (N-methyl/N-ethyl adjacent to an activating group) is 1. The van der Waals surface area contributed by atoms with Crippen molar-refractivity contribution in [1.29, 1.82) is 0 Å². The van der Waals surface area contributed by atoms with E-state index in [0.717, 1.165) is 35.1 Å². The first-order chi connectivity index (χ1) is 8.20. The molecule has 0 spiro atoms. The molecule has 1 N–H and O–H groups in total. The van der Waals surface area contributed by atoms with Gasteiger partial charge in [-0.05, 0) is 38.4 Å². The van der Waals surface area contributed by atoms with E-state index in [9.17, 15) is 4.79 Å². The second-order valence-corrected chi connectivity index (χ2v) is 6.01. The normalized spacial score (nSPS) is 18.4. The summed E-state index contributed by atoms with van der Waals surface area (Å²) in [6, 6.07) is 3.89. The van der Waals surface area contributed by atoms with Gasteiger partial charge in [-0.3, -0.25) is 4.79 Å². The molecule has 1 atom stereocenters. The fraction of sp³-hybridized carbons (Fsp3) is 0.583. The maximum atomic E-state index is 12.2. The van der Waals surface area contributed by atoms with Crippen LogP contribution in [0.4, 0.5) is 0 Å². The number of nitrogens with one attached hydrogen (secondary N) is 1. The van der Waals surface area contributed by atoms with Crippen LogP contribution >= 0.6 is 35.3 Å². The highest BCUT2D eigenvalue weighted by Gasteiger charge is 2.26. The van der Waals surface area contributed by atoms with Gasteiger partial charge in [0.05, 0.1) is 16.9 Å². The van der Waals surface area contributed by atoms with Crippen molar-refractivity contribution in [3.05, 3.63) is 21.3 Å². The van der Waals surface area contributed by atoms with Crippen molar-refractivity contribution in [1.82, 2.24) is 10.2 Å². The molecule has 18 heavy (non-hydrogen) atoms. The van der Waals surface area contributed by atoms with Crippen LogP contribution < -0.4 is 5.32 Å². The molecule has 2 rings (SSSR count). The van der Waals surface area contributed by atoms with Crippen LogP contribution in [0.15, 0.2) is 12.1 Å². The molecular formula is C12H18Cl2N2OS. The van der Waals surface area contributed by atoms with E-state index in [0.29, 0.717) is 6.54 Å². The lowest BCUT2D eigenvalue weighted by Gasteiger charge is -2.23. The number of halogens is 2. The lowest BCUT2D eigenvalue weighted by Crippen LogP contribution is -2.43. The number of hydrogen-bond acceptors (Lipinski definition) is 3. The highest BCUT2D eigenvalue weighted by Crippen LogP contribution is 2.23. The van der Waals surface area contributed by atoms with Crippen LogP contribution in [0, 0.1) is 0 Å². The lowest BCUT2D eigenvalue weighted by atomic mass is 10.2. The topological polar surface area (TPSA) is 32.3 Å². The van der Waals surface area contributed by atoms with Crippen molar-refractivity contribution in [2.45, 2.75) is 32.4 Å². The van der Waals surface area contributed by atoms with Crippen LogP contribution in [-0.2, 0) is 11.3 Å². The second kappa shape index (κ2) is 7.34. The van der Waals surface area contributed by atoms with E-state index in [1.54, 1.807) is 11.3 Å². The molecule has 1 fully saturated rings. The first kappa shape index (κ1) is 15.8. The Hall–Kier alpha value is -0.290. The fourth-order valence-corrected chi connectivity index (χ4v) is 3.19. The summed E-state index contributed by atoms with van der Waals surface area (Å²) < 4.78 is 0.780. The third-order valence-electron chi connectivity index (χ3n) is 3.03. The number of carbonyl (C=O) groups is 1. The molecule has 0 saturated carbocycles. The molecule has 0 aliphatic carbocycles. The molecule has 1 amide bonds. The van der Waals surface area contributed by atoms with Crippen LogP contribution in [0.5, 0.6) is 0 Å². The molecule has 1 aromatic heterocycles. The maximum absolute atomic E-state index is 12.2. The van der Waals surface area contributed by atoms with Crippen molar-refractivity contribution in [3.63, 3.8) is 0 Å². The Bertz CT molecular complexity index is 391. The van der Waals surface area contributed by atoms with E-state index in [4.69, 9.17) is 11.6 Å².